The Hall–Kier alpha value is -3.66. The first-order valence-corrected chi connectivity index (χ1v) is 13.4. The lowest BCUT2D eigenvalue weighted by Gasteiger charge is -2.32. The number of nitrogens with zero attached hydrogens (tertiary/aromatic N) is 6. The van der Waals surface area contributed by atoms with E-state index in [9.17, 15) is 4.79 Å². The maximum absolute atomic E-state index is 13.2. The molecule has 0 radical (unpaired) electrons. The molecular formula is C29H34N8O. The summed E-state index contributed by atoms with van der Waals surface area (Å²) in [6.45, 7) is 8.29. The van der Waals surface area contributed by atoms with Crippen LogP contribution in [0.4, 0.5) is 5.69 Å². The standard InChI is InChI=1S/C29H34N8O/c1-35-8-10-37(11-9-35)19-21-12-24(17-30-15-21)23-4-5-27-26(14-23)28(34-33-27)29(38)32-25-13-22(16-31-18-25)20-36-6-2-3-7-36/h4-5,12-18H,2-3,6-11,19-20H2,1H3,(H,32,38)(H,33,34). The number of aromatic nitrogens is 4. The number of carbonyl (C=O) groups is 1. The fourth-order valence-corrected chi connectivity index (χ4v) is 5.39. The summed E-state index contributed by atoms with van der Waals surface area (Å²) in [4.78, 5) is 29.4. The average molecular weight is 511 g/mol. The number of likely N-dealkylation sites (N-methyl/N-ethyl adjacent to an activating group) is 1. The number of pyridine rings is 2. The topological polar surface area (TPSA) is 93.3 Å². The Kier molecular flexibility index (Phi) is 7.13. The number of nitrogens with one attached hydrogen (secondary N) is 2. The van der Waals surface area contributed by atoms with Gasteiger partial charge in [0.25, 0.3) is 5.91 Å². The van der Waals surface area contributed by atoms with E-state index in [-0.39, 0.29) is 5.91 Å². The van der Waals surface area contributed by atoms with E-state index in [1.54, 1.807) is 6.20 Å². The van der Waals surface area contributed by atoms with Crippen LogP contribution in [0, 0.1) is 0 Å². The van der Waals surface area contributed by atoms with E-state index in [4.69, 9.17) is 0 Å². The van der Waals surface area contributed by atoms with Gasteiger partial charge in [0.2, 0.25) is 0 Å². The number of amides is 1. The normalized spacial score (nSPS) is 17.3. The van der Waals surface area contributed by atoms with Crippen LogP contribution in [0.15, 0.2) is 55.1 Å². The first-order chi connectivity index (χ1) is 18.6. The first kappa shape index (κ1) is 24.7. The third-order valence-electron chi connectivity index (χ3n) is 7.57. The van der Waals surface area contributed by atoms with Crippen molar-refractivity contribution in [2.75, 3.05) is 51.6 Å². The number of hydrogen-bond donors (Lipinski definition) is 2. The van der Waals surface area contributed by atoms with Crippen molar-refractivity contribution in [2.24, 2.45) is 0 Å². The molecule has 0 unspecified atom stereocenters. The zero-order valence-electron chi connectivity index (χ0n) is 21.9. The number of benzene rings is 1. The zero-order valence-corrected chi connectivity index (χ0v) is 21.9. The lowest BCUT2D eigenvalue weighted by molar-refractivity contribution is 0.102. The summed E-state index contributed by atoms with van der Waals surface area (Å²) in [5.41, 5.74) is 6.20. The second-order valence-corrected chi connectivity index (χ2v) is 10.5. The molecular weight excluding hydrogens is 476 g/mol. The van der Waals surface area contributed by atoms with Gasteiger partial charge in [-0.25, -0.2) is 0 Å². The van der Waals surface area contributed by atoms with Crippen molar-refractivity contribution in [3.63, 3.8) is 0 Å². The lowest BCUT2D eigenvalue weighted by atomic mass is 10.0. The number of aromatic amines is 1. The zero-order chi connectivity index (χ0) is 25.9. The molecule has 9 heteroatoms. The summed E-state index contributed by atoms with van der Waals surface area (Å²) in [6.07, 6.45) is 9.87. The minimum atomic E-state index is -0.254. The molecule has 9 nitrogen and oxygen atoms in total. The molecule has 2 aliphatic heterocycles. The molecule has 0 bridgehead atoms. The second kappa shape index (κ2) is 11.0. The molecule has 2 N–H and O–H groups in total. The van der Waals surface area contributed by atoms with Crippen LogP contribution < -0.4 is 5.32 Å². The van der Waals surface area contributed by atoms with Crippen molar-refractivity contribution in [3.8, 4) is 11.1 Å². The minimum absolute atomic E-state index is 0.254. The number of hydrogen-bond acceptors (Lipinski definition) is 7. The quantitative estimate of drug-likeness (QED) is 0.392. The van der Waals surface area contributed by atoms with E-state index in [2.05, 4.69) is 53.3 Å². The summed E-state index contributed by atoms with van der Waals surface area (Å²) in [5, 5.41) is 11.1. The third-order valence-corrected chi connectivity index (χ3v) is 7.57. The summed E-state index contributed by atoms with van der Waals surface area (Å²) in [5.74, 6) is -0.254. The predicted molar refractivity (Wildman–Crippen MR) is 149 cm³/mol. The van der Waals surface area contributed by atoms with Crippen molar-refractivity contribution in [1.82, 2.24) is 34.9 Å². The maximum atomic E-state index is 13.2. The molecule has 196 valence electrons. The molecule has 38 heavy (non-hydrogen) atoms. The van der Waals surface area contributed by atoms with Gasteiger partial charge < -0.3 is 10.2 Å². The average Bonchev–Trinajstić information content (AvgIpc) is 3.60. The molecule has 5 heterocycles. The summed E-state index contributed by atoms with van der Waals surface area (Å²) in [6, 6.07) is 10.2. The molecule has 3 aromatic heterocycles. The van der Waals surface area contributed by atoms with Gasteiger partial charge in [-0.15, -0.1) is 0 Å². The van der Waals surface area contributed by atoms with Crippen molar-refractivity contribution in [3.05, 3.63) is 71.9 Å². The van der Waals surface area contributed by atoms with Gasteiger partial charge in [0.1, 0.15) is 0 Å². The van der Waals surface area contributed by atoms with Crippen LogP contribution >= 0.6 is 0 Å². The number of H-pyrrole nitrogens is 1. The van der Waals surface area contributed by atoms with Gasteiger partial charge in [-0.1, -0.05) is 6.07 Å². The van der Waals surface area contributed by atoms with Gasteiger partial charge >= 0.3 is 0 Å². The largest absolute Gasteiger partial charge is 0.319 e. The Morgan fingerprint density at radius 2 is 1.55 bits per heavy atom. The Labute approximate surface area is 222 Å². The van der Waals surface area contributed by atoms with Crippen LogP contribution in [0.2, 0.25) is 0 Å². The number of likely N-dealkylation sites (tertiary alicyclic amines) is 1. The summed E-state index contributed by atoms with van der Waals surface area (Å²) in [7, 11) is 2.17. The van der Waals surface area contributed by atoms with E-state index >= 15 is 0 Å². The van der Waals surface area contributed by atoms with E-state index < -0.39 is 0 Å². The summed E-state index contributed by atoms with van der Waals surface area (Å²) >= 11 is 0. The monoisotopic (exact) mass is 510 g/mol. The first-order valence-electron chi connectivity index (χ1n) is 13.4. The number of carbonyl (C=O) groups excluding carboxylic acids is 1. The molecule has 2 fully saturated rings. The van der Waals surface area contributed by atoms with Crippen molar-refractivity contribution in [1.29, 1.82) is 0 Å². The van der Waals surface area contributed by atoms with Crippen LogP contribution in [-0.2, 0) is 13.1 Å². The van der Waals surface area contributed by atoms with Crippen LogP contribution in [0.5, 0.6) is 0 Å². The van der Waals surface area contributed by atoms with E-state index in [1.165, 1.54) is 18.4 Å². The fourth-order valence-electron chi connectivity index (χ4n) is 5.39. The van der Waals surface area contributed by atoms with E-state index in [0.717, 1.165) is 80.0 Å². The Morgan fingerprint density at radius 3 is 2.34 bits per heavy atom. The van der Waals surface area contributed by atoms with Crippen LogP contribution in [-0.4, -0.2) is 87.1 Å². The molecule has 6 rings (SSSR count). The predicted octanol–water partition coefficient (Wildman–Crippen LogP) is 3.62. The molecule has 0 aliphatic carbocycles. The van der Waals surface area contributed by atoms with Crippen molar-refractivity contribution < 1.29 is 4.79 Å². The van der Waals surface area contributed by atoms with Crippen LogP contribution in [0.1, 0.15) is 34.5 Å². The highest BCUT2D eigenvalue weighted by molar-refractivity contribution is 6.11. The van der Waals surface area contributed by atoms with Gasteiger partial charge in [-0.05, 0) is 73.9 Å². The number of piperazine rings is 1. The van der Waals surface area contributed by atoms with Gasteiger partial charge in [-0.2, -0.15) is 5.10 Å². The highest BCUT2D eigenvalue weighted by Gasteiger charge is 2.18. The Balaban J connectivity index is 1.19. The number of anilines is 1. The van der Waals surface area contributed by atoms with Gasteiger partial charge in [0.15, 0.2) is 5.69 Å². The second-order valence-electron chi connectivity index (χ2n) is 10.5. The maximum Gasteiger partial charge on any atom is 0.276 e. The molecule has 0 atom stereocenters. The minimum Gasteiger partial charge on any atom is -0.319 e. The summed E-state index contributed by atoms with van der Waals surface area (Å²) < 4.78 is 0. The van der Waals surface area contributed by atoms with Gasteiger partial charge in [0.05, 0.1) is 17.4 Å². The number of fused-ring (bicyclic) bond motifs is 1. The SMILES string of the molecule is CN1CCN(Cc2cncc(-c3ccc4[nH]nc(C(=O)Nc5cncc(CN6CCCC6)c5)c4c3)c2)CC1. The molecule has 1 amide bonds. The van der Waals surface area contributed by atoms with Crippen LogP contribution in [0.3, 0.4) is 0 Å². The fraction of sp³-hybridized carbons (Fsp3) is 0.379. The molecule has 0 spiro atoms. The van der Waals surface area contributed by atoms with Crippen molar-refractivity contribution >= 4 is 22.5 Å². The molecule has 2 saturated heterocycles. The highest BCUT2D eigenvalue weighted by Crippen LogP contribution is 2.27. The van der Waals surface area contributed by atoms with E-state index in [0.29, 0.717) is 11.4 Å². The molecule has 2 aliphatic rings. The van der Waals surface area contributed by atoms with E-state index in [1.807, 2.05) is 42.9 Å². The number of rotatable bonds is 7. The van der Waals surface area contributed by atoms with Gasteiger partial charge in [0, 0.05) is 68.8 Å². The van der Waals surface area contributed by atoms with Gasteiger partial charge in [-0.3, -0.25) is 29.7 Å². The van der Waals surface area contributed by atoms with Crippen LogP contribution in [0.25, 0.3) is 22.0 Å². The molecule has 1 aromatic carbocycles. The molecule has 0 saturated carbocycles. The Bertz CT molecular complexity index is 1420. The Morgan fingerprint density at radius 1 is 0.842 bits per heavy atom. The highest BCUT2D eigenvalue weighted by atomic mass is 16.1. The molecule has 4 aromatic rings. The third kappa shape index (κ3) is 5.60. The smallest absolute Gasteiger partial charge is 0.276 e. The van der Waals surface area contributed by atoms with Crippen molar-refractivity contribution in [2.45, 2.75) is 25.9 Å². The lowest BCUT2D eigenvalue weighted by Crippen LogP contribution is -2.43.